The lowest BCUT2D eigenvalue weighted by molar-refractivity contribution is -0.118. The highest BCUT2D eigenvalue weighted by Gasteiger charge is 2.13. The van der Waals surface area contributed by atoms with Gasteiger partial charge in [0.05, 0.1) is 6.61 Å². The van der Waals surface area contributed by atoms with Crippen LogP contribution in [0.4, 0.5) is 5.69 Å². The first-order chi connectivity index (χ1) is 7.95. The number of amides is 1. The van der Waals surface area contributed by atoms with Gasteiger partial charge < -0.3 is 15.8 Å². The number of nitrogens with two attached hydrogens (primary N) is 1. The molecule has 0 aliphatic rings. The van der Waals surface area contributed by atoms with Crippen molar-refractivity contribution in [2.24, 2.45) is 5.73 Å². The smallest absolute Gasteiger partial charge is 0.243 e. The number of rotatable bonds is 4. The zero-order valence-electron chi connectivity index (χ0n) is 10.6. The standard InChI is InChI=1S/C12H17BrN2O2.ClH/c1-7-4-9(5-8(2)11(7)13)15-12(16)10(14)6-17-3;/h4-5,10H,6,14H2,1-3H3,(H,15,16);1H. The molecule has 0 aromatic heterocycles. The molecule has 1 amide bonds. The molecular formula is C12H18BrClN2O2. The average molecular weight is 338 g/mol. The Hall–Kier alpha value is -0.620. The van der Waals surface area contributed by atoms with Crippen LogP contribution in [0.2, 0.25) is 0 Å². The minimum atomic E-state index is -0.649. The van der Waals surface area contributed by atoms with Crippen LogP contribution in [0.1, 0.15) is 11.1 Å². The van der Waals surface area contributed by atoms with Crippen molar-refractivity contribution in [1.29, 1.82) is 0 Å². The van der Waals surface area contributed by atoms with Gasteiger partial charge in [0, 0.05) is 17.3 Å². The number of benzene rings is 1. The lowest BCUT2D eigenvalue weighted by Gasteiger charge is -2.13. The maximum absolute atomic E-state index is 11.7. The fraction of sp³-hybridized carbons (Fsp3) is 0.417. The molecule has 102 valence electrons. The van der Waals surface area contributed by atoms with E-state index in [1.807, 2.05) is 26.0 Å². The Kier molecular flexibility index (Phi) is 7.47. The normalized spacial score (nSPS) is 11.6. The Balaban J connectivity index is 0.00000289. The van der Waals surface area contributed by atoms with Crippen LogP contribution in [-0.2, 0) is 9.53 Å². The molecule has 0 saturated carbocycles. The van der Waals surface area contributed by atoms with Gasteiger partial charge in [0.1, 0.15) is 6.04 Å². The molecule has 0 aliphatic heterocycles. The molecule has 0 spiro atoms. The van der Waals surface area contributed by atoms with Crippen LogP contribution in [0.15, 0.2) is 16.6 Å². The monoisotopic (exact) mass is 336 g/mol. The summed E-state index contributed by atoms with van der Waals surface area (Å²) in [5.41, 5.74) is 8.53. The third-order valence-electron chi connectivity index (χ3n) is 2.39. The number of carbonyl (C=O) groups is 1. The fourth-order valence-electron chi connectivity index (χ4n) is 1.51. The number of ether oxygens (including phenoxy) is 1. The maximum Gasteiger partial charge on any atom is 0.243 e. The van der Waals surface area contributed by atoms with Gasteiger partial charge in [-0.3, -0.25) is 4.79 Å². The number of halogens is 2. The molecule has 1 unspecified atom stereocenters. The molecule has 0 radical (unpaired) electrons. The molecule has 0 fully saturated rings. The summed E-state index contributed by atoms with van der Waals surface area (Å²) in [5.74, 6) is -0.243. The Morgan fingerprint density at radius 2 is 1.94 bits per heavy atom. The first-order valence-corrected chi connectivity index (χ1v) is 6.07. The van der Waals surface area contributed by atoms with E-state index in [0.717, 1.165) is 21.3 Å². The molecule has 18 heavy (non-hydrogen) atoms. The van der Waals surface area contributed by atoms with E-state index >= 15 is 0 Å². The van der Waals surface area contributed by atoms with E-state index in [1.54, 1.807) is 0 Å². The second-order valence-electron chi connectivity index (χ2n) is 3.98. The third kappa shape index (κ3) is 4.57. The predicted molar refractivity (Wildman–Crippen MR) is 79.3 cm³/mol. The Bertz CT molecular complexity index is 404. The van der Waals surface area contributed by atoms with Gasteiger partial charge in [-0.2, -0.15) is 0 Å². The lowest BCUT2D eigenvalue weighted by Crippen LogP contribution is -2.39. The Morgan fingerprint density at radius 1 is 1.44 bits per heavy atom. The molecule has 0 saturated heterocycles. The second-order valence-corrected chi connectivity index (χ2v) is 4.77. The molecule has 0 heterocycles. The Labute approximate surface area is 122 Å². The number of hydrogen-bond donors (Lipinski definition) is 2. The molecule has 4 nitrogen and oxygen atoms in total. The zero-order valence-corrected chi connectivity index (χ0v) is 13.0. The largest absolute Gasteiger partial charge is 0.383 e. The first-order valence-electron chi connectivity index (χ1n) is 5.27. The molecule has 1 aromatic carbocycles. The first kappa shape index (κ1) is 17.4. The summed E-state index contributed by atoms with van der Waals surface area (Å²) < 4.78 is 5.89. The minimum Gasteiger partial charge on any atom is -0.383 e. The van der Waals surface area contributed by atoms with Gasteiger partial charge in [-0.1, -0.05) is 15.9 Å². The summed E-state index contributed by atoms with van der Waals surface area (Å²) >= 11 is 3.48. The molecule has 0 bridgehead atoms. The lowest BCUT2D eigenvalue weighted by atomic mass is 10.1. The van der Waals surface area contributed by atoms with Crippen LogP contribution in [0.5, 0.6) is 0 Å². The SMILES string of the molecule is COCC(N)C(=O)Nc1cc(C)c(Br)c(C)c1.Cl. The van der Waals surface area contributed by atoms with E-state index in [0.29, 0.717) is 0 Å². The van der Waals surface area contributed by atoms with E-state index in [2.05, 4.69) is 21.2 Å². The van der Waals surface area contributed by atoms with Crippen LogP contribution in [0, 0.1) is 13.8 Å². The summed E-state index contributed by atoms with van der Waals surface area (Å²) in [6, 6.07) is 3.15. The van der Waals surface area contributed by atoms with Crippen LogP contribution >= 0.6 is 28.3 Å². The van der Waals surface area contributed by atoms with E-state index in [4.69, 9.17) is 10.5 Å². The number of anilines is 1. The van der Waals surface area contributed by atoms with Gasteiger partial charge in [0.15, 0.2) is 0 Å². The molecule has 1 aromatic rings. The van der Waals surface area contributed by atoms with Gasteiger partial charge in [0.2, 0.25) is 5.91 Å². The van der Waals surface area contributed by atoms with E-state index in [1.165, 1.54) is 7.11 Å². The van der Waals surface area contributed by atoms with Crippen LogP contribution < -0.4 is 11.1 Å². The van der Waals surface area contributed by atoms with Crippen molar-refractivity contribution in [2.45, 2.75) is 19.9 Å². The van der Waals surface area contributed by atoms with Gasteiger partial charge in [-0.05, 0) is 37.1 Å². The van der Waals surface area contributed by atoms with Crippen molar-refractivity contribution in [1.82, 2.24) is 0 Å². The van der Waals surface area contributed by atoms with E-state index < -0.39 is 6.04 Å². The van der Waals surface area contributed by atoms with Crippen molar-refractivity contribution in [2.75, 3.05) is 19.0 Å². The molecule has 0 aliphatic carbocycles. The molecule has 1 atom stereocenters. The van der Waals surface area contributed by atoms with Gasteiger partial charge in [-0.25, -0.2) is 0 Å². The predicted octanol–water partition coefficient (Wildman–Crippen LogP) is 2.40. The zero-order chi connectivity index (χ0) is 13.0. The van der Waals surface area contributed by atoms with Crippen LogP contribution in [0.25, 0.3) is 0 Å². The van der Waals surface area contributed by atoms with E-state index in [-0.39, 0.29) is 24.9 Å². The summed E-state index contributed by atoms with van der Waals surface area (Å²) in [7, 11) is 1.51. The summed E-state index contributed by atoms with van der Waals surface area (Å²) in [6.45, 7) is 4.16. The highest BCUT2D eigenvalue weighted by Crippen LogP contribution is 2.24. The fourth-order valence-corrected chi connectivity index (χ4v) is 1.74. The van der Waals surface area contributed by atoms with Gasteiger partial charge >= 0.3 is 0 Å². The Morgan fingerprint density at radius 3 is 2.39 bits per heavy atom. The highest BCUT2D eigenvalue weighted by molar-refractivity contribution is 9.10. The van der Waals surface area contributed by atoms with E-state index in [9.17, 15) is 4.79 Å². The number of hydrogen-bond acceptors (Lipinski definition) is 3. The third-order valence-corrected chi connectivity index (χ3v) is 3.64. The minimum absolute atomic E-state index is 0. The van der Waals surface area contributed by atoms with Gasteiger partial charge in [0.25, 0.3) is 0 Å². The molecule has 1 rings (SSSR count). The maximum atomic E-state index is 11.7. The number of carbonyl (C=O) groups excluding carboxylic acids is 1. The molecule has 6 heteroatoms. The van der Waals surface area contributed by atoms with Gasteiger partial charge in [-0.15, -0.1) is 12.4 Å². The summed E-state index contributed by atoms with van der Waals surface area (Å²) in [6.07, 6.45) is 0. The van der Waals surface area contributed by atoms with Crippen molar-refractivity contribution < 1.29 is 9.53 Å². The van der Waals surface area contributed by atoms with Crippen LogP contribution in [0.3, 0.4) is 0 Å². The average Bonchev–Trinajstić information content (AvgIpc) is 2.26. The van der Waals surface area contributed by atoms with Crippen molar-refractivity contribution in [3.8, 4) is 0 Å². The summed E-state index contributed by atoms with van der Waals surface area (Å²) in [5, 5.41) is 2.77. The van der Waals surface area contributed by atoms with Crippen LogP contribution in [-0.4, -0.2) is 25.7 Å². The number of aryl methyl sites for hydroxylation is 2. The number of methoxy groups -OCH3 is 1. The quantitative estimate of drug-likeness (QED) is 0.887. The second kappa shape index (κ2) is 7.74. The van der Waals surface area contributed by atoms with Crippen molar-refractivity contribution in [3.63, 3.8) is 0 Å². The molecule has 3 N–H and O–H groups in total. The summed E-state index contributed by atoms with van der Waals surface area (Å²) in [4.78, 5) is 11.7. The molecular weight excluding hydrogens is 320 g/mol. The van der Waals surface area contributed by atoms with Crippen molar-refractivity contribution >= 4 is 39.9 Å². The topological polar surface area (TPSA) is 64.3 Å². The number of nitrogens with one attached hydrogen (secondary N) is 1. The highest BCUT2D eigenvalue weighted by atomic mass is 79.9. The van der Waals surface area contributed by atoms with Crippen molar-refractivity contribution in [3.05, 3.63) is 27.7 Å².